The number of rotatable bonds is 5. The largest absolute Gasteiger partial charge is 0.425 e. The molecule has 4 rings (SSSR count). The molecule has 8 heteroatoms. The molecule has 3 heterocycles. The molecule has 0 unspecified atom stereocenters. The van der Waals surface area contributed by atoms with Gasteiger partial charge in [0.2, 0.25) is 23.6 Å². The number of fused-ring (bicyclic) bond motifs is 1. The first-order valence-electron chi connectivity index (χ1n) is 11.0. The van der Waals surface area contributed by atoms with Crippen molar-refractivity contribution in [2.75, 3.05) is 13.1 Å². The summed E-state index contributed by atoms with van der Waals surface area (Å²) in [5, 5.41) is 14.6. The summed E-state index contributed by atoms with van der Waals surface area (Å²) in [5.74, 6) is 1.65. The summed E-state index contributed by atoms with van der Waals surface area (Å²) in [4.78, 5) is 27.6. The van der Waals surface area contributed by atoms with Crippen LogP contribution in [0.15, 0.2) is 4.42 Å². The fourth-order valence-electron chi connectivity index (χ4n) is 4.97. The Kier molecular flexibility index (Phi) is 5.64. The number of amides is 2. The first-order chi connectivity index (χ1) is 13.9. The van der Waals surface area contributed by atoms with Crippen LogP contribution in [0.25, 0.3) is 0 Å². The molecule has 2 amide bonds. The summed E-state index contributed by atoms with van der Waals surface area (Å²) in [6.07, 6.45) is 6.64. The van der Waals surface area contributed by atoms with Crippen molar-refractivity contribution in [2.45, 2.75) is 89.8 Å². The first kappa shape index (κ1) is 20.3. The van der Waals surface area contributed by atoms with Crippen LogP contribution in [0.4, 0.5) is 0 Å². The molecule has 3 aliphatic rings. The first-order valence-corrected chi connectivity index (χ1v) is 11.0. The number of nitrogens with one attached hydrogen (secondary N) is 2. The number of hydrogen-bond acceptors (Lipinski definition) is 6. The van der Waals surface area contributed by atoms with Crippen molar-refractivity contribution < 1.29 is 14.0 Å². The highest BCUT2D eigenvalue weighted by molar-refractivity contribution is 5.84. The Morgan fingerprint density at radius 1 is 1.31 bits per heavy atom. The zero-order valence-electron chi connectivity index (χ0n) is 17.7. The van der Waals surface area contributed by atoms with Crippen molar-refractivity contribution in [1.82, 2.24) is 25.7 Å². The summed E-state index contributed by atoms with van der Waals surface area (Å²) in [7, 11) is 0. The third-order valence-electron chi connectivity index (χ3n) is 6.85. The van der Waals surface area contributed by atoms with Gasteiger partial charge in [0.25, 0.3) is 0 Å². The maximum atomic E-state index is 12.9. The number of hydrogen-bond donors (Lipinski definition) is 2. The number of piperazine rings is 1. The summed E-state index contributed by atoms with van der Waals surface area (Å²) in [6, 6.07) is -0.0949. The summed E-state index contributed by atoms with van der Waals surface area (Å²) >= 11 is 0. The smallest absolute Gasteiger partial charge is 0.237 e. The standard InChI is InChI=1S/C21H33N5O3/c1-13(2)19-25-24-17(29-19)10-15-11-22-18(27)16-9-14(12-26(15)16)23-20(28)21(3)7-5-4-6-8-21/h13-16H,4-12H2,1-3H3,(H,22,27)(H,23,28)/t14-,15+,16-/m0/s1. The van der Waals surface area contributed by atoms with E-state index in [1.807, 2.05) is 13.8 Å². The average molecular weight is 404 g/mol. The quantitative estimate of drug-likeness (QED) is 0.777. The van der Waals surface area contributed by atoms with Gasteiger partial charge in [-0.05, 0) is 19.3 Å². The zero-order valence-corrected chi connectivity index (χ0v) is 17.7. The van der Waals surface area contributed by atoms with E-state index in [1.54, 1.807) is 0 Å². The predicted octanol–water partition coefficient (Wildman–Crippen LogP) is 1.76. The molecule has 0 aromatic carbocycles. The maximum Gasteiger partial charge on any atom is 0.237 e. The molecule has 3 fully saturated rings. The topological polar surface area (TPSA) is 100 Å². The highest BCUT2D eigenvalue weighted by Gasteiger charge is 2.45. The van der Waals surface area contributed by atoms with Crippen molar-refractivity contribution in [2.24, 2.45) is 5.41 Å². The van der Waals surface area contributed by atoms with Gasteiger partial charge in [-0.3, -0.25) is 14.5 Å². The van der Waals surface area contributed by atoms with Crippen molar-refractivity contribution >= 4 is 11.8 Å². The minimum absolute atomic E-state index is 0.00603. The lowest BCUT2D eigenvalue weighted by Gasteiger charge is -2.36. The Bertz CT molecular complexity index is 755. The monoisotopic (exact) mass is 403 g/mol. The third kappa shape index (κ3) is 4.17. The van der Waals surface area contributed by atoms with Gasteiger partial charge < -0.3 is 15.1 Å². The molecule has 160 valence electrons. The fraction of sp³-hybridized carbons (Fsp3) is 0.810. The lowest BCUT2D eigenvalue weighted by molar-refractivity contribution is -0.132. The molecule has 0 spiro atoms. The normalized spacial score (nSPS) is 29.5. The minimum Gasteiger partial charge on any atom is -0.425 e. The Labute approximate surface area is 172 Å². The molecule has 2 N–H and O–H groups in total. The molecule has 0 bridgehead atoms. The molecule has 2 aliphatic heterocycles. The van der Waals surface area contributed by atoms with Gasteiger partial charge in [-0.25, -0.2) is 0 Å². The Morgan fingerprint density at radius 3 is 2.76 bits per heavy atom. The van der Waals surface area contributed by atoms with Gasteiger partial charge in [-0.1, -0.05) is 40.0 Å². The number of aromatic nitrogens is 2. The molecule has 8 nitrogen and oxygen atoms in total. The van der Waals surface area contributed by atoms with Crippen LogP contribution in [0.2, 0.25) is 0 Å². The van der Waals surface area contributed by atoms with Gasteiger partial charge in [0.15, 0.2) is 0 Å². The maximum absolute atomic E-state index is 12.9. The fourth-order valence-corrected chi connectivity index (χ4v) is 4.97. The van der Waals surface area contributed by atoms with E-state index in [4.69, 9.17) is 4.42 Å². The third-order valence-corrected chi connectivity index (χ3v) is 6.85. The Morgan fingerprint density at radius 2 is 2.07 bits per heavy atom. The lowest BCUT2D eigenvalue weighted by atomic mass is 9.75. The van der Waals surface area contributed by atoms with Crippen LogP contribution in [0.3, 0.4) is 0 Å². The molecular formula is C21H33N5O3. The second-order valence-electron chi connectivity index (χ2n) is 9.53. The van der Waals surface area contributed by atoms with E-state index >= 15 is 0 Å². The minimum atomic E-state index is -0.264. The second-order valence-corrected chi connectivity index (χ2v) is 9.53. The van der Waals surface area contributed by atoms with Crippen LogP contribution in [0.5, 0.6) is 0 Å². The molecule has 1 aliphatic carbocycles. The highest BCUT2D eigenvalue weighted by Crippen LogP contribution is 2.36. The van der Waals surface area contributed by atoms with Gasteiger partial charge in [0.1, 0.15) is 0 Å². The molecule has 2 saturated heterocycles. The summed E-state index contributed by atoms with van der Waals surface area (Å²) < 4.78 is 5.78. The van der Waals surface area contributed by atoms with Gasteiger partial charge in [0, 0.05) is 42.9 Å². The number of nitrogens with zero attached hydrogens (tertiary/aromatic N) is 3. The predicted molar refractivity (Wildman–Crippen MR) is 107 cm³/mol. The van der Waals surface area contributed by atoms with Gasteiger partial charge in [-0.2, -0.15) is 0 Å². The van der Waals surface area contributed by atoms with Crippen molar-refractivity contribution in [3.8, 4) is 0 Å². The van der Waals surface area contributed by atoms with Crippen LogP contribution in [-0.4, -0.2) is 58.1 Å². The van der Waals surface area contributed by atoms with Crippen LogP contribution in [0.1, 0.15) is 77.0 Å². The molecule has 1 aromatic rings. The van der Waals surface area contributed by atoms with Crippen LogP contribution >= 0.6 is 0 Å². The zero-order chi connectivity index (χ0) is 20.6. The van der Waals surface area contributed by atoms with Crippen molar-refractivity contribution in [3.05, 3.63) is 11.8 Å². The van der Waals surface area contributed by atoms with E-state index < -0.39 is 0 Å². The molecule has 1 aromatic heterocycles. The highest BCUT2D eigenvalue weighted by atomic mass is 16.4. The van der Waals surface area contributed by atoms with Gasteiger partial charge in [-0.15, -0.1) is 10.2 Å². The van der Waals surface area contributed by atoms with E-state index in [9.17, 15) is 9.59 Å². The van der Waals surface area contributed by atoms with Crippen LogP contribution < -0.4 is 10.6 Å². The van der Waals surface area contributed by atoms with E-state index in [0.717, 1.165) is 25.7 Å². The van der Waals surface area contributed by atoms with Crippen molar-refractivity contribution in [3.63, 3.8) is 0 Å². The van der Waals surface area contributed by atoms with Gasteiger partial charge >= 0.3 is 0 Å². The van der Waals surface area contributed by atoms with Gasteiger partial charge in [0.05, 0.1) is 6.04 Å². The lowest BCUT2D eigenvalue weighted by Crippen LogP contribution is -2.58. The molecule has 1 saturated carbocycles. The number of carbonyl (C=O) groups excluding carboxylic acids is 2. The molecular weight excluding hydrogens is 370 g/mol. The van der Waals surface area contributed by atoms with E-state index in [1.165, 1.54) is 6.42 Å². The van der Waals surface area contributed by atoms with E-state index in [0.29, 0.717) is 37.7 Å². The number of carbonyl (C=O) groups is 2. The average Bonchev–Trinajstić information content (AvgIpc) is 3.32. The van der Waals surface area contributed by atoms with E-state index in [-0.39, 0.29) is 41.3 Å². The Hall–Kier alpha value is -1.96. The van der Waals surface area contributed by atoms with Crippen LogP contribution in [-0.2, 0) is 16.0 Å². The SMILES string of the molecule is CC(C)c1nnc(C[C@@H]2CNC(=O)[C@@H]3C[C@H](NC(=O)C4(C)CCCCC4)CN23)o1. The molecule has 3 atom stereocenters. The van der Waals surface area contributed by atoms with Crippen molar-refractivity contribution in [1.29, 1.82) is 0 Å². The summed E-state index contributed by atoms with van der Waals surface area (Å²) in [5.41, 5.74) is -0.264. The Balaban J connectivity index is 1.40. The van der Waals surface area contributed by atoms with Crippen LogP contribution in [0, 0.1) is 5.41 Å². The summed E-state index contributed by atoms with van der Waals surface area (Å²) in [6.45, 7) is 7.38. The second kappa shape index (κ2) is 8.05. The molecule has 0 radical (unpaired) electrons. The van der Waals surface area contributed by atoms with E-state index in [2.05, 4.69) is 32.7 Å². The molecule has 29 heavy (non-hydrogen) atoms.